The molecule has 0 N–H and O–H groups in total. The number of carbonyl (C=O) groups is 3. The summed E-state index contributed by atoms with van der Waals surface area (Å²) >= 11 is 0. The number of alkyl halides is 5. The zero-order valence-corrected chi connectivity index (χ0v) is 12.8. The van der Waals surface area contributed by atoms with Gasteiger partial charge in [0.2, 0.25) is 0 Å². The Bertz CT molecular complexity index is 830. The number of hydrogen-bond donors (Lipinski definition) is 0. The Morgan fingerprint density at radius 3 is 2.42 bits per heavy atom. The third kappa shape index (κ3) is 2.31. The SMILES string of the molecule is O=C(Cn1nc(C(F)(F)F)c2c1C(F)(F)[C@@H]1CC21)ON1C(=O)CCC1=O. The van der Waals surface area contributed by atoms with Crippen LogP contribution in [0.3, 0.4) is 0 Å². The molecule has 12 heteroatoms. The van der Waals surface area contributed by atoms with E-state index in [1.807, 2.05) is 0 Å². The van der Waals surface area contributed by atoms with Crippen LogP contribution in [0, 0.1) is 5.92 Å². The van der Waals surface area contributed by atoms with Crippen LogP contribution in [0.1, 0.15) is 42.1 Å². The van der Waals surface area contributed by atoms with Crippen LogP contribution in [0.5, 0.6) is 0 Å². The van der Waals surface area contributed by atoms with Gasteiger partial charge in [0, 0.05) is 24.3 Å². The number of aromatic nitrogens is 2. The van der Waals surface area contributed by atoms with Gasteiger partial charge in [0.25, 0.3) is 17.7 Å². The highest BCUT2D eigenvalue weighted by atomic mass is 19.4. The van der Waals surface area contributed by atoms with Crippen molar-refractivity contribution in [2.45, 2.75) is 43.8 Å². The maximum atomic E-state index is 14.3. The first-order valence-electron chi connectivity index (χ1n) is 7.64. The summed E-state index contributed by atoms with van der Waals surface area (Å²) in [6.07, 6.45) is -5.38. The highest BCUT2D eigenvalue weighted by Crippen LogP contribution is 2.68. The second kappa shape index (κ2) is 5.01. The molecule has 3 aliphatic rings. The van der Waals surface area contributed by atoms with E-state index >= 15 is 0 Å². The Hall–Kier alpha value is -2.53. The molecule has 2 fully saturated rings. The molecule has 26 heavy (non-hydrogen) atoms. The maximum Gasteiger partial charge on any atom is 0.435 e. The third-order valence-corrected chi connectivity index (χ3v) is 4.68. The van der Waals surface area contributed by atoms with Gasteiger partial charge in [0.1, 0.15) is 12.2 Å². The van der Waals surface area contributed by atoms with Crippen molar-refractivity contribution >= 4 is 17.8 Å². The number of carbonyl (C=O) groups excluding carboxylic acids is 3. The highest BCUT2D eigenvalue weighted by molar-refractivity contribution is 6.01. The van der Waals surface area contributed by atoms with Gasteiger partial charge in [0.15, 0.2) is 5.69 Å². The van der Waals surface area contributed by atoms with Crippen molar-refractivity contribution in [1.29, 1.82) is 0 Å². The van der Waals surface area contributed by atoms with Crippen LogP contribution in [0.2, 0.25) is 0 Å². The second-order valence-electron chi connectivity index (χ2n) is 6.38. The van der Waals surface area contributed by atoms with E-state index in [9.17, 15) is 36.3 Å². The quantitative estimate of drug-likeness (QED) is 0.590. The van der Waals surface area contributed by atoms with Gasteiger partial charge in [-0.05, 0) is 12.3 Å². The smallest absolute Gasteiger partial charge is 0.328 e. The average Bonchev–Trinajstić information content (AvgIpc) is 3.08. The van der Waals surface area contributed by atoms with Crippen molar-refractivity contribution in [2.24, 2.45) is 5.92 Å². The van der Waals surface area contributed by atoms with E-state index in [-0.39, 0.29) is 29.0 Å². The van der Waals surface area contributed by atoms with Crippen molar-refractivity contribution in [3.8, 4) is 0 Å². The standard InChI is InChI=1S/C14H10F5N3O4/c15-13(16)6-3-5(6)10-11(14(17,18)19)20-21(12(10)13)4-9(25)26-22-7(23)1-2-8(22)24/h5-6H,1-4H2/t5?,6-/m1/s1. The van der Waals surface area contributed by atoms with Crippen LogP contribution in [-0.4, -0.2) is 32.6 Å². The Morgan fingerprint density at radius 2 is 1.85 bits per heavy atom. The third-order valence-electron chi connectivity index (χ3n) is 4.68. The number of rotatable bonds is 3. The van der Waals surface area contributed by atoms with E-state index in [2.05, 4.69) is 9.94 Å². The minimum Gasteiger partial charge on any atom is -0.328 e. The molecule has 7 nitrogen and oxygen atoms in total. The predicted molar refractivity (Wildman–Crippen MR) is 69.2 cm³/mol. The Labute approximate surface area is 141 Å². The summed E-state index contributed by atoms with van der Waals surface area (Å²) in [4.78, 5) is 39.1. The monoisotopic (exact) mass is 379 g/mol. The number of hydroxylamine groups is 2. The lowest BCUT2D eigenvalue weighted by molar-refractivity contribution is -0.198. The number of nitrogens with zero attached hydrogens (tertiary/aromatic N) is 3. The zero-order chi connectivity index (χ0) is 19.0. The fourth-order valence-corrected chi connectivity index (χ4v) is 3.50. The predicted octanol–water partition coefficient (Wildman–Crippen LogP) is 1.72. The van der Waals surface area contributed by atoms with Gasteiger partial charge < -0.3 is 4.84 Å². The fourth-order valence-electron chi connectivity index (χ4n) is 3.50. The van der Waals surface area contributed by atoms with Crippen LogP contribution < -0.4 is 0 Å². The van der Waals surface area contributed by atoms with E-state index in [0.717, 1.165) is 0 Å². The van der Waals surface area contributed by atoms with E-state index in [0.29, 0.717) is 0 Å². The maximum absolute atomic E-state index is 14.3. The van der Waals surface area contributed by atoms with Gasteiger partial charge in [-0.15, -0.1) is 5.06 Å². The van der Waals surface area contributed by atoms with E-state index in [1.165, 1.54) is 0 Å². The van der Waals surface area contributed by atoms with Crippen molar-refractivity contribution < 1.29 is 41.2 Å². The summed E-state index contributed by atoms with van der Waals surface area (Å²) in [6.45, 7) is -1.08. The van der Waals surface area contributed by atoms with Gasteiger partial charge in [0.05, 0.1) is 0 Å². The molecule has 1 aliphatic heterocycles. The molecule has 0 bridgehead atoms. The number of hydrogen-bond acceptors (Lipinski definition) is 5. The lowest BCUT2D eigenvalue weighted by Crippen LogP contribution is -2.34. The minimum absolute atomic E-state index is 0.0734. The molecule has 1 aromatic rings. The molecule has 2 amide bonds. The topological polar surface area (TPSA) is 81.5 Å². The summed E-state index contributed by atoms with van der Waals surface area (Å²) in [5.74, 6) is -8.66. The lowest BCUT2D eigenvalue weighted by Gasteiger charge is -2.16. The normalized spacial score (nSPS) is 26.1. The number of fused-ring (bicyclic) bond motifs is 3. The van der Waals surface area contributed by atoms with Crippen molar-refractivity contribution in [1.82, 2.24) is 14.8 Å². The Balaban J connectivity index is 1.64. The summed E-state index contributed by atoms with van der Waals surface area (Å²) in [5.41, 5.74) is -2.99. The van der Waals surface area contributed by atoms with Gasteiger partial charge in [-0.2, -0.15) is 27.1 Å². The number of imide groups is 1. The van der Waals surface area contributed by atoms with E-state index in [4.69, 9.17) is 0 Å². The molecule has 1 unspecified atom stereocenters. The van der Waals surface area contributed by atoms with Gasteiger partial charge in [-0.25, -0.2) is 4.79 Å². The molecule has 140 valence electrons. The molecule has 1 saturated carbocycles. The van der Waals surface area contributed by atoms with Crippen molar-refractivity contribution in [3.63, 3.8) is 0 Å². The van der Waals surface area contributed by atoms with Gasteiger partial charge in [-0.3, -0.25) is 14.3 Å². The average molecular weight is 379 g/mol. The van der Waals surface area contributed by atoms with Crippen LogP contribution in [0.25, 0.3) is 0 Å². The molecule has 0 radical (unpaired) electrons. The summed E-state index contributed by atoms with van der Waals surface area (Å²) < 4.78 is 68.3. The van der Waals surface area contributed by atoms with Crippen LogP contribution in [-0.2, 0) is 37.9 Å². The molecule has 2 aliphatic carbocycles. The first-order valence-corrected chi connectivity index (χ1v) is 7.64. The van der Waals surface area contributed by atoms with Crippen molar-refractivity contribution in [3.05, 3.63) is 17.0 Å². The molecular formula is C14H10F5N3O4. The number of amides is 2. The molecule has 0 aromatic carbocycles. The summed E-state index contributed by atoms with van der Waals surface area (Å²) in [5, 5.41) is 3.34. The van der Waals surface area contributed by atoms with Crippen LogP contribution >= 0.6 is 0 Å². The molecule has 2 heterocycles. The zero-order valence-electron chi connectivity index (χ0n) is 12.8. The van der Waals surface area contributed by atoms with Crippen LogP contribution in [0.15, 0.2) is 0 Å². The van der Waals surface area contributed by atoms with Crippen LogP contribution in [0.4, 0.5) is 22.0 Å². The Morgan fingerprint density at radius 1 is 1.23 bits per heavy atom. The number of halogens is 5. The minimum atomic E-state index is -4.95. The van der Waals surface area contributed by atoms with Crippen molar-refractivity contribution in [2.75, 3.05) is 0 Å². The first kappa shape index (κ1) is 16.9. The van der Waals surface area contributed by atoms with E-state index in [1.54, 1.807) is 0 Å². The molecule has 2 atom stereocenters. The molecular weight excluding hydrogens is 369 g/mol. The summed E-state index contributed by atoms with van der Waals surface area (Å²) in [7, 11) is 0. The summed E-state index contributed by atoms with van der Waals surface area (Å²) in [6, 6.07) is 0. The second-order valence-corrected chi connectivity index (χ2v) is 6.38. The largest absolute Gasteiger partial charge is 0.435 e. The van der Waals surface area contributed by atoms with Gasteiger partial charge >= 0.3 is 12.1 Å². The first-order chi connectivity index (χ1) is 12.0. The Kier molecular flexibility index (Phi) is 3.26. The highest BCUT2D eigenvalue weighted by Gasteiger charge is 2.68. The lowest BCUT2D eigenvalue weighted by atomic mass is 10.1. The molecule has 0 spiro atoms. The molecule has 1 aromatic heterocycles. The van der Waals surface area contributed by atoms with Gasteiger partial charge in [-0.1, -0.05) is 0 Å². The van der Waals surface area contributed by atoms with E-state index < -0.39 is 65.2 Å². The molecule has 1 saturated heterocycles. The fraction of sp³-hybridized carbons (Fsp3) is 0.571. The molecule has 4 rings (SSSR count).